The Hall–Kier alpha value is -1.94. The fourth-order valence-corrected chi connectivity index (χ4v) is 2.61. The van der Waals surface area contributed by atoms with Gasteiger partial charge in [0.05, 0.1) is 0 Å². The average molecular weight is 266 g/mol. The third-order valence-electron chi connectivity index (χ3n) is 4.08. The number of hydrogen-bond donors (Lipinski definition) is 2. The monoisotopic (exact) mass is 266 g/mol. The van der Waals surface area contributed by atoms with Crippen molar-refractivity contribution in [3.05, 3.63) is 41.6 Å². The summed E-state index contributed by atoms with van der Waals surface area (Å²) in [6, 6.07) is 10.6. The van der Waals surface area contributed by atoms with E-state index in [2.05, 4.69) is 34.7 Å². The molecule has 1 aromatic carbocycles. The van der Waals surface area contributed by atoms with Gasteiger partial charge in [0.1, 0.15) is 5.82 Å². The quantitative estimate of drug-likeness (QED) is 0.659. The molecular formula is C16H18N4. The van der Waals surface area contributed by atoms with Gasteiger partial charge in [-0.2, -0.15) is 0 Å². The van der Waals surface area contributed by atoms with Crippen molar-refractivity contribution in [2.75, 3.05) is 5.43 Å². The van der Waals surface area contributed by atoms with Gasteiger partial charge >= 0.3 is 0 Å². The first-order chi connectivity index (χ1) is 9.83. The maximum absolute atomic E-state index is 5.53. The van der Waals surface area contributed by atoms with Crippen molar-refractivity contribution < 1.29 is 0 Å². The fraction of sp³-hybridized carbons (Fsp3) is 0.375. The van der Waals surface area contributed by atoms with Crippen molar-refractivity contribution in [3.8, 4) is 11.4 Å². The molecule has 0 aliphatic heterocycles. The highest BCUT2D eigenvalue weighted by atomic mass is 15.3. The molecule has 3 N–H and O–H groups in total. The molecule has 4 nitrogen and oxygen atoms in total. The van der Waals surface area contributed by atoms with E-state index in [-0.39, 0.29) is 0 Å². The zero-order chi connectivity index (χ0) is 13.5. The number of benzene rings is 1. The van der Waals surface area contributed by atoms with Gasteiger partial charge in [0.2, 0.25) is 0 Å². The van der Waals surface area contributed by atoms with E-state index in [1.54, 1.807) is 0 Å². The first-order valence-electron chi connectivity index (χ1n) is 7.29. The van der Waals surface area contributed by atoms with Gasteiger partial charge in [0.15, 0.2) is 5.82 Å². The van der Waals surface area contributed by atoms with E-state index >= 15 is 0 Å². The number of rotatable bonds is 4. The summed E-state index contributed by atoms with van der Waals surface area (Å²) in [5, 5.41) is 0. The SMILES string of the molecule is NNc1cc(C2CC2)nc(-c2cccc(C3CC3)c2)n1. The predicted octanol–water partition coefficient (Wildman–Crippen LogP) is 3.18. The molecule has 0 spiro atoms. The van der Waals surface area contributed by atoms with Crippen LogP contribution in [-0.4, -0.2) is 9.97 Å². The topological polar surface area (TPSA) is 63.8 Å². The van der Waals surface area contributed by atoms with Crippen LogP contribution in [0.4, 0.5) is 5.82 Å². The van der Waals surface area contributed by atoms with E-state index in [4.69, 9.17) is 10.8 Å². The van der Waals surface area contributed by atoms with Gasteiger partial charge in [0, 0.05) is 23.2 Å². The molecule has 0 amide bonds. The van der Waals surface area contributed by atoms with Crippen LogP contribution in [0, 0.1) is 0 Å². The van der Waals surface area contributed by atoms with Crippen molar-refractivity contribution in [2.24, 2.45) is 5.84 Å². The zero-order valence-electron chi connectivity index (χ0n) is 11.3. The van der Waals surface area contributed by atoms with Crippen LogP contribution in [-0.2, 0) is 0 Å². The highest BCUT2D eigenvalue weighted by molar-refractivity contribution is 5.59. The van der Waals surface area contributed by atoms with E-state index in [1.165, 1.54) is 31.2 Å². The fourth-order valence-electron chi connectivity index (χ4n) is 2.61. The molecule has 2 fully saturated rings. The average Bonchev–Trinajstić information content (AvgIpc) is 3.39. The molecule has 1 aromatic heterocycles. The van der Waals surface area contributed by atoms with Crippen molar-refractivity contribution in [3.63, 3.8) is 0 Å². The first kappa shape index (κ1) is 11.9. The number of nitrogen functional groups attached to an aromatic ring is 1. The summed E-state index contributed by atoms with van der Waals surface area (Å²) in [6.07, 6.45) is 5.06. The van der Waals surface area contributed by atoms with Crippen molar-refractivity contribution in [1.29, 1.82) is 0 Å². The first-order valence-corrected chi connectivity index (χ1v) is 7.29. The van der Waals surface area contributed by atoms with Gasteiger partial charge in [-0.05, 0) is 43.2 Å². The molecule has 102 valence electrons. The minimum absolute atomic E-state index is 0.593. The predicted molar refractivity (Wildman–Crippen MR) is 79.2 cm³/mol. The van der Waals surface area contributed by atoms with Crippen LogP contribution in [0.15, 0.2) is 30.3 Å². The van der Waals surface area contributed by atoms with Gasteiger partial charge in [-0.3, -0.25) is 0 Å². The number of nitrogens with two attached hydrogens (primary N) is 1. The molecule has 2 aromatic rings. The summed E-state index contributed by atoms with van der Waals surface area (Å²) in [4.78, 5) is 9.23. The lowest BCUT2D eigenvalue weighted by atomic mass is 10.1. The Morgan fingerprint density at radius 1 is 1.00 bits per heavy atom. The second-order valence-electron chi connectivity index (χ2n) is 5.82. The number of anilines is 1. The van der Waals surface area contributed by atoms with Crippen LogP contribution in [0.25, 0.3) is 11.4 Å². The molecule has 2 aliphatic rings. The van der Waals surface area contributed by atoms with Gasteiger partial charge in [0.25, 0.3) is 0 Å². The standard InChI is InChI=1S/C16H18N4/c17-20-15-9-14(11-6-7-11)18-16(19-15)13-3-1-2-12(8-13)10-4-5-10/h1-3,8-11H,4-7,17H2,(H,18,19,20). The van der Waals surface area contributed by atoms with Gasteiger partial charge in [-0.1, -0.05) is 18.2 Å². The molecule has 0 saturated heterocycles. The Kier molecular flexibility index (Phi) is 2.70. The third kappa shape index (κ3) is 2.27. The van der Waals surface area contributed by atoms with E-state index in [0.29, 0.717) is 11.7 Å². The second-order valence-corrected chi connectivity index (χ2v) is 5.82. The highest BCUT2D eigenvalue weighted by Gasteiger charge is 2.27. The smallest absolute Gasteiger partial charge is 0.161 e. The maximum Gasteiger partial charge on any atom is 0.161 e. The number of aromatic nitrogens is 2. The van der Waals surface area contributed by atoms with Crippen LogP contribution in [0.5, 0.6) is 0 Å². The van der Waals surface area contributed by atoms with E-state index in [0.717, 1.165) is 23.0 Å². The lowest BCUT2D eigenvalue weighted by Crippen LogP contribution is -2.10. The Balaban J connectivity index is 1.76. The van der Waals surface area contributed by atoms with Crippen molar-refractivity contribution in [2.45, 2.75) is 37.5 Å². The Morgan fingerprint density at radius 3 is 2.50 bits per heavy atom. The largest absolute Gasteiger partial charge is 0.308 e. The molecule has 20 heavy (non-hydrogen) atoms. The molecule has 2 saturated carbocycles. The van der Waals surface area contributed by atoms with Crippen LogP contribution in [0.2, 0.25) is 0 Å². The third-order valence-corrected chi connectivity index (χ3v) is 4.08. The van der Waals surface area contributed by atoms with E-state index < -0.39 is 0 Å². The van der Waals surface area contributed by atoms with Crippen LogP contribution < -0.4 is 11.3 Å². The Bertz CT molecular complexity index is 645. The van der Waals surface area contributed by atoms with E-state index in [9.17, 15) is 0 Å². The Morgan fingerprint density at radius 2 is 1.80 bits per heavy atom. The number of hydrogen-bond acceptors (Lipinski definition) is 4. The minimum Gasteiger partial charge on any atom is -0.308 e. The summed E-state index contributed by atoms with van der Waals surface area (Å²) < 4.78 is 0. The summed E-state index contributed by atoms with van der Waals surface area (Å²) >= 11 is 0. The molecule has 0 atom stereocenters. The summed E-state index contributed by atoms with van der Waals surface area (Å²) in [7, 11) is 0. The highest BCUT2D eigenvalue weighted by Crippen LogP contribution is 2.42. The molecular weight excluding hydrogens is 248 g/mol. The molecule has 4 heteroatoms. The zero-order valence-corrected chi connectivity index (χ0v) is 11.3. The number of nitrogens with zero attached hydrogens (tertiary/aromatic N) is 2. The van der Waals surface area contributed by atoms with Gasteiger partial charge < -0.3 is 5.43 Å². The molecule has 0 unspecified atom stereocenters. The van der Waals surface area contributed by atoms with Crippen molar-refractivity contribution >= 4 is 5.82 Å². The molecule has 0 bridgehead atoms. The maximum atomic E-state index is 5.53. The Labute approximate surface area is 118 Å². The molecule has 1 heterocycles. The lowest BCUT2D eigenvalue weighted by Gasteiger charge is -2.08. The summed E-state index contributed by atoms with van der Waals surface area (Å²) in [5.74, 6) is 8.36. The minimum atomic E-state index is 0.593. The van der Waals surface area contributed by atoms with Gasteiger partial charge in [-0.25, -0.2) is 15.8 Å². The normalized spacial score (nSPS) is 18.1. The number of nitrogens with one attached hydrogen (secondary N) is 1. The van der Waals surface area contributed by atoms with Crippen LogP contribution in [0.3, 0.4) is 0 Å². The van der Waals surface area contributed by atoms with Crippen LogP contribution >= 0.6 is 0 Å². The van der Waals surface area contributed by atoms with Crippen molar-refractivity contribution in [1.82, 2.24) is 9.97 Å². The summed E-state index contributed by atoms with van der Waals surface area (Å²) in [5.41, 5.74) is 6.27. The van der Waals surface area contributed by atoms with Crippen LogP contribution in [0.1, 0.15) is 48.8 Å². The molecule has 2 aliphatic carbocycles. The molecule has 0 radical (unpaired) electrons. The van der Waals surface area contributed by atoms with Gasteiger partial charge in [-0.15, -0.1) is 0 Å². The van der Waals surface area contributed by atoms with E-state index in [1.807, 2.05) is 6.07 Å². The number of hydrazine groups is 1. The lowest BCUT2D eigenvalue weighted by molar-refractivity contribution is 0.990. The molecule has 4 rings (SSSR count). The summed E-state index contributed by atoms with van der Waals surface area (Å²) in [6.45, 7) is 0. The second kappa shape index (κ2) is 4.56.